The molecule has 0 bridgehead atoms. The summed E-state index contributed by atoms with van der Waals surface area (Å²) in [5, 5.41) is 3.67. The first-order chi connectivity index (χ1) is 10.2. The second kappa shape index (κ2) is 5.90. The third kappa shape index (κ3) is 2.56. The number of fused-ring (bicyclic) bond motifs is 1. The molecule has 0 saturated heterocycles. The highest BCUT2D eigenvalue weighted by atomic mass is 16.5. The lowest BCUT2D eigenvalue weighted by atomic mass is 9.85. The lowest BCUT2D eigenvalue weighted by Crippen LogP contribution is -2.28. The van der Waals surface area contributed by atoms with Crippen LogP contribution in [0.2, 0.25) is 0 Å². The monoisotopic (exact) mass is 281 g/mol. The molecule has 1 heterocycles. The minimum absolute atomic E-state index is 0.304. The molecule has 0 aromatic heterocycles. The molecule has 21 heavy (non-hydrogen) atoms. The Hall–Kier alpha value is -1.80. The first-order valence-corrected chi connectivity index (χ1v) is 7.73. The molecule has 0 radical (unpaired) electrons. The molecular formula is C19H23NO. The van der Waals surface area contributed by atoms with E-state index >= 15 is 0 Å². The molecule has 2 aromatic rings. The van der Waals surface area contributed by atoms with Crippen molar-refractivity contribution in [3.05, 3.63) is 64.7 Å². The van der Waals surface area contributed by atoms with E-state index in [-0.39, 0.29) is 0 Å². The van der Waals surface area contributed by atoms with Crippen LogP contribution in [-0.2, 0) is 0 Å². The Balaban J connectivity index is 2.02. The van der Waals surface area contributed by atoms with Crippen molar-refractivity contribution in [2.24, 2.45) is 0 Å². The topological polar surface area (TPSA) is 21.3 Å². The lowest BCUT2D eigenvalue weighted by molar-refractivity contribution is 0.300. The van der Waals surface area contributed by atoms with Crippen LogP contribution in [0.5, 0.6) is 5.75 Å². The molecule has 110 valence electrons. The van der Waals surface area contributed by atoms with E-state index in [1.54, 1.807) is 0 Å². The van der Waals surface area contributed by atoms with Gasteiger partial charge in [0.1, 0.15) is 5.75 Å². The first-order valence-electron chi connectivity index (χ1n) is 7.73. The van der Waals surface area contributed by atoms with E-state index < -0.39 is 0 Å². The van der Waals surface area contributed by atoms with Crippen molar-refractivity contribution >= 4 is 0 Å². The molecular weight excluding hydrogens is 258 g/mol. The SMILES string of the molecule is CCNC(c1cccc(C)c1C)C1COc2ccccc21. The Bertz CT molecular complexity index is 635. The summed E-state index contributed by atoms with van der Waals surface area (Å²) in [4.78, 5) is 0. The van der Waals surface area contributed by atoms with Crippen LogP contribution in [0.3, 0.4) is 0 Å². The van der Waals surface area contributed by atoms with Gasteiger partial charge in [-0.1, -0.05) is 43.3 Å². The fourth-order valence-electron chi connectivity index (χ4n) is 3.26. The fourth-order valence-corrected chi connectivity index (χ4v) is 3.26. The van der Waals surface area contributed by atoms with Crippen LogP contribution in [0, 0.1) is 13.8 Å². The van der Waals surface area contributed by atoms with Crippen LogP contribution in [0.25, 0.3) is 0 Å². The van der Waals surface area contributed by atoms with Gasteiger partial charge in [0.15, 0.2) is 0 Å². The molecule has 2 nitrogen and oxygen atoms in total. The van der Waals surface area contributed by atoms with Gasteiger partial charge < -0.3 is 10.1 Å². The first kappa shape index (κ1) is 14.2. The van der Waals surface area contributed by atoms with Crippen LogP contribution >= 0.6 is 0 Å². The Labute approximate surface area is 127 Å². The van der Waals surface area contributed by atoms with Crippen molar-refractivity contribution in [1.29, 1.82) is 0 Å². The van der Waals surface area contributed by atoms with Crippen molar-refractivity contribution in [1.82, 2.24) is 5.32 Å². The number of nitrogens with one attached hydrogen (secondary N) is 1. The van der Waals surface area contributed by atoms with E-state index in [2.05, 4.69) is 62.5 Å². The van der Waals surface area contributed by atoms with E-state index in [0.29, 0.717) is 12.0 Å². The molecule has 3 rings (SSSR count). The predicted octanol–water partition coefficient (Wildman–Crippen LogP) is 4.13. The van der Waals surface area contributed by atoms with E-state index in [1.165, 1.54) is 22.3 Å². The van der Waals surface area contributed by atoms with Gasteiger partial charge in [0.25, 0.3) is 0 Å². The number of benzene rings is 2. The van der Waals surface area contributed by atoms with Gasteiger partial charge in [0, 0.05) is 17.5 Å². The normalized spacial score (nSPS) is 18.1. The maximum Gasteiger partial charge on any atom is 0.122 e. The molecule has 1 aliphatic heterocycles. The third-order valence-electron chi connectivity index (χ3n) is 4.54. The predicted molar refractivity (Wildman–Crippen MR) is 87.0 cm³/mol. The molecule has 0 amide bonds. The summed E-state index contributed by atoms with van der Waals surface area (Å²) in [6, 6.07) is 15.3. The molecule has 1 aliphatic rings. The zero-order valence-electron chi connectivity index (χ0n) is 13.0. The maximum absolute atomic E-state index is 5.89. The molecule has 1 N–H and O–H groups in total. The van der Waals surface area contributed by atoms with Gasteiger partial charge in [-0.3, -0.25) is 0 Å². The third-order valence-corrected chi connectivity index (χ3v) is 4.54. The number of aryl methyl sites for hydroxylation is 1. The Morgan fingerprint density at radius 3 is 2.76 bits per heavy atom. The molecule has 0 spiro atoms. The van der Waals surface area contributed by atoms with E-state index in [9.17, 15) is 0 Å². The standard InChI is InChI=1S/C19H23NO/c1-4-20-19(15-10-7-8-13(2)14(15)3)17-12-21-18-11-6-5-9-16(17)18/h5-11,17,19-20H,4,12H2,1-3H3. The number of rotatable bonds is 4. The Kier molecular flexibility index (Phi) is 3.98. The molecule has 2 heteroatoms. The Morgan fingerprint density at radius 2 is 1.95 bits per heavy atom. The van der Waals surface area contributed by atoms with Crippen LogP contribution in [-0.4, -0.2) is 13.2 Å². The van der Waals surface area contributed by atoms with Gasteiger partial charge in [-0.15, -0.1) is 0 Å². The Morgan fingerprint density at radius 1 is 1.14 bits per heavy atom. The summed E-state index contributed by atoms with van der Waals surface area (Å²) in [5.74, 6) is 1.41. The average molecular weight is 281 g/mol. The maximum atomic E-state index is 5.89. The van der Waals surface area contributed by atoms with E-state index in [1.807, 2.05) is 6.07 Å². The summed E-state index contributed by atoms with van der Waals surface area (Å²) >= 11 is 0. The van der Waals surface area contributed by atoms with Crippen LogP contribution < -0.4 is 10.1 Å². The van der Waals surface area contributed by atoms with Crippen LogP contribution in [0.15, 0.2) is 42.5 Å². The highest BCUT2D eigenvalue weighted by molar-refractivity contribution is 5.44. The van der Waals surface area contributed by atoms with Gasteiger partial charge in [-0.2, -0.15) is 0 Å². The molecule has 0 fully saturated rings. The number of ether oxygens (including phenoxy) is 1. The van der Waals surface area contributed by atoms with Crippen LogP contribution in [0.1, 0.15) is 41.1 Å². The molecule has 2 aromatic carbocycles. The smallest absolute Gasteiger partial charge is 0.122 e. The molecule has 2 atom stereocenters. The van der Waals surface area contributed by atoms with Gasteiger partial charge in [-0.25, -0.2) is 0 Å². The summed E-state index contributed by atoms with van der Waals surface area (Å²) in [6.07, 6.45) is 0. The van der Waals surface area contributed by atoms with Crippen molar-refractivity contribution in [2.75, 3.05) is 13.2 Å². The molecule has 0 aliphatic carbocycles. The second-order valence-corrected chi connectivity index (χ2v) is 5.78. The zero-order chi connectivity index (χ0) is 14.8. The zero-order valence-corrected chi connectivity index (χ0v) is 13.0. The minimum atomic E-state index is 0.304. The number of likely N-dealkylation sites (N-methyl/N-ethyl adjacent to an activating group) is 1. The largest absolute Gasteiger partial charge is 0.493 e. The van der Waals surface area contributed by atoms with Gasteiger partial charge >= 0.3 is 0 Å². The van der Waals surface area contributed by atoms with E-state index in [0.717, 1.165) is 18.9 Å². The number of para-hydroxylation sites is 1. The van der Waals surface area contributed by atoms with Crippen LogP contribution in [0.4, 0.5) is 0 Å². The average Bonchev–Trinajstić information content (AvgIpc) is 2.92. The fraction of sp³-hybridized carbons (Fsp3) is 0.368. The van der Waals surface area contributed by atoms with Crippen molar-refractivity contribution < 1.29 is 4.74 Å². The molecule has 2 unspecified atom stereocenters. The minimum Gasteiger partial charge on any atom is -0.493 e. The second-order valence-electron chi connectivity index (χ2n) is 5.78. The van der Waals surface area contributed by atoms with E-state index in [4.69, 9.17) is 4.74 Å². The van der Waals surface area contributed by atoms with Gasteiger partial charge in [0.05, 0.1) is 6.61 Å². The van der Waals surface area contributed by atoms with Crippen molar-refractivity contribution in [3.8, 4) is 5.75 Å². The quantitative estimate of drug-likeness (QED) is 0.910. The summed E-state index contributed by atoms with van der Waals surface area (Å²) in [7, 11) is 0. The van der Waals surface area contributed by atoms with Crippen molar-refractivity contribution in [3.63, 3.8) is 0 Å². The summed E-state index contributed by atoms with van der Waals surface area (Å²) < 4.78 is 5.89. The van der Waals surface area contributed by atoms with Gasteiger partial charge in [0.2, 0.25) is 0 Å². The number of hydrogen-bond acceptors (Lipinski definition) is 2. The summed E-state index contributed by atoms with van der Waals surface area (Å²) in [6.45, 7) is 8.28. The number of hydrogen-bond donors (Lipinski definition) is 1. The summed E-state index contributed by atoms with van der Waals surface area (Å²) in [5.41, 5.74) is 5.45. The van der Waals surface area contributed by atoms with Crippen molar-refractivity contribution in [2.45, 2.75) is 32.7 Å². The highest BCUT2D eigenvalue weighted by Crippen LogP contribution is 2.42. The van der Waals surface area contributed by atoms with Gasteiger partial charge in [-0.05, 0) is 43.1 Å². The lowest BCUT2D eigenvalue weighted by Gasteiger charge is -2.26. The molecule has 0 saturated carbocycles. The highest BCUT2D eigenvalue weighted by Gasteiger charge is 2.32.